The lowest BCUT2D eigenvalue weighted by atomic mass is 9.76. The number of unbranched alkanes of at least 4 members (excludes halogenated alkanes) is 2. The van der Waals surface area contributed by atoms with E-state index in [1.54, 1.807) is 49.6 Å². The molecule has 4 aromatic rings. The maximum Gasteiger partial charge on any atom is 0.303 e. The van der Waals surface area contributed by atoms with Crippen molar-refractivity contribution in [1.29, 1.82) is 0 Å². The van der Waals surface area contributed by atoms with Crippen LogP contribution in [0.4, 0.5) is 11.4 Å². The predicted molar refractivity (Wildman–Crippen MR) is 275 cm³/mol. The highest BCUT2D eigenvalue weighted by molar-refractivity contribution is 7.87. The number of carbonyl (C=O) groups is 1. The number of allylic oxidation sites excluding steroid dienone is 6. The van der Waals surface area contributed by atoms with Crippen molar-refractivity contribution < 1.29 is 90.0 Å². The molecule has 0 amide bonds. The number of hydrogen-bond donors (Lipinski definition) is 1. The van der Waals surface area contributed by atoms with Crippen LogP contribution in [0.25, 0.3) is 21.5 Å². The van der Waals surface area contributed by atoms with Gasteiger partial charge in [-0.2, -0.15) is 4.58 Å². The number of anilines is 1. The summed E-state index contributed by atoms with van der Waals surface area (Å²) >= 11 is 0. The van der Waals surface area contributed by atoms with Gasteiger partial charge in [-0.05, 0) is 111 Å². The van der Waals surface area contributed by atoms with Crippen LogP contribution in [0.5, 0.6) is 0 Å². The number of rotatable bonds is 29. The maximum atomic E-state index is 12.7. The zero-order valence-electron chi connectivity index (χ0n) is 42.6. The van der Waals surface area contributed by atoms with Crippen molar-refractivity contribution in [3.05, 3.63) is 95.7 Å². The molecule has 0 saturated heterocycles. The lowest BCUT2D eigenvalue weighted by molar-refractivity contribution is -0.433. The highest BCUT2D eigenvalue weighted by atomic mass is 32.2. The fraction of sp³-hybridized carbons (Fsp3) is 0.451. The first kappa shape index (κ1) is 60.2. The molecule has 25 heteroatoms. The van der Waals surface area contributed by atoms with Gasteiger partial charge in [0.2, 0.25) is 5.69 Å². The van der Waals surface area contributed by atoms with E-state index in [0.717, 1.165) is 12.1 Å². The summed E-state index contributed by atoms with van der Waals surface area (Å²) in [5.74, 6) is -0.957. The molecule has 2 aliphatic heterocycles. The molecule has 1 atom stereocenters. The number of benzene rings is 4. The van der Waals surface area contributed by atoms with Gasteiger partial charge in [0.15, 0.2) is 5.71 Å². The van der Waals surface area contributed by atoms with Crippen molar-refractivity contribution in [2.45, 2.75) is 90.2 Å². The van der Waals surface area contributed by atoms with Crippen LogP contribution < -0.4 is 4.90 Å². The number of ether oxygens (including phenoxy) is 5. The summed E-state index contributed by atoms with van der Waals surface area (Å²) in [6, 6.07) is 9.32. The van der Waals surface area contributed by atoms with Gasteiger partial charge in [0, 0.05) is 66.6 Å². The molecule has 416 valence electrons. The molecular formula is C51H61N2O19S4-3. The summed E-state index contributed by atoms with van der Waals surface area (Å²) in [6.07, 6.45) is 10.3. The standard InChI is InChI=1S/C51H64N2O19S4/c1-6-52-41-18-16-37-39(31-35(73(56,57)58)33-43(37)75(62,63)64)48(41)50(2,3)45(52)13-9-7-10-14-46-51(4,20-22-69-25-26-71-29-30-72-28-27-70-24-23-68-5)49-40-32-36(74(59,60)61)34-44(76(65,66)67)38(40)17-19-42(49)53(46)21-12-8-11-15-47(54)55/h7,9-10,13-14,16-19,31-34H,6,8,11-12,15,20-30H2,1-5H3,(H4-,54,55,56,57,58,59,60,61,62,63,64,65,66,67)/p-3. The van der Waals surface area contributed by atoms with E-state index in [0.29, 0.717) is 111 Å². The molecule has 2 heterocycles. The quantitative estimate of drug-likeness (QED) is 0.0302. The second kappa shape index (κ2) is 24.8. The van der Waals surface area contributed by atoms with Gasteiger partial charge in [-0.3, -0.25) is 4.79 Å². The molecule has 1 unspecified atom stereocenters. The van der Waals surface area contributed by atoms with Crippen molar-refractivity contribution >= 4 is 85.1 Å². The largest absolute Gasteiger partial charge is 0.744 e. The summed E-state index contributed by atoms with van der Waals surface area (Å²) < 4.78 is 179. The Bertz CT molecular complexity index is 3420. The Morgan fingerprint density at radius 1 is 0.632 bits per heavy atom. The minimum absolute atomic E-state index is 0.0356. The van der Waals surface area contributed by atoms with Gasteiger partial charge >= 0.3 is 5.97 Å². The predicted octanol–water partition coefficient (Wildman–Crippen LogP) is 5.53. The molecule has 0 radical (unpaired) electrons. The van der Waals surface area contributed by atoms with Gasteiger partial charge < -0.3 is 51.9 Å². The number of hydrogen-bond acceptors (Lipinski definition) is 19. The normalized spacial score (nSPS) is 17.6. The molecule has 76 heavy (non-hydrogen) atoms. The molecule has 0 aromatic heterocycles. The van der Waals surface area contributed by atoms with Crippen LogP contribution >= 0.6 is 0 Å². The van der Waals surface area contributed by atoms with E-state index in [-0.39, 0.29) is 60.8 Å². The van der Waals surface area contributed by atoms with E-state index in [9.17, 15) is 61.8 Å². The van der Waals surface area contributed by atoms with Gasteiger partial charge in [-0.1, -0.05) is 30.7 Å². The Kier molecular flexibility index (Phi) is 19.6. The van der Waals surface area contributed by atoms with Crippen molar-refractivity contribution in [3.8, 4) is 0 Å². The van der Waals surface area contributed by atoms with Crippen LogP contribution in [0.2, 0.25) is 0 Å². The van der Waals surface area contributed by atoms with Gasteiger partial charge in [0.25, 0.3) is 0 Å². The van der Waals surface area contributed by atoms with E-state index in [2.05, 4.69) is 0 Å². The average molecular weight is 1130 g/mol. The Hall–Kier alpha value is -5.00. The topological polar surface area (TPSA) is 318 Å². The molecule has 0 bridgehead atoms. The number of methoxy groups -OCH3 is 1. The van der Waals surface area contributed by atoms with E-state index < -0.39 is 76.9 Å². The molecular weight excluding hydrogens is 1070 g/mol. The van der Waals surface area contributed by atoms with Gasteiger partial charge in [-0.15, -0.1) is 0 Å². The van der Waals surface area contributed by atoms with Crippen LogP contribution in [-0.4, -0.2) is 153 Å². The Morgan fingerprint density at radius 3 is 1.64 bits per heavy atom. The second-order valence-corrected chi connectivity index (χ2v) is 24.2. The third-order valence-electron chi connectivity index (χ3n) is 13.4. The summed E-state index contributed by atoms with van der Waals surface area (Å²) in [5, 5.41) is 9.31. The molecule has 0 saturated carbocycles. The van der Waals surface area contributed by atoms with Crippen LogP contribution in [0, 0.1) is 0 Å². The minimum atomic E-state index is -5.34. The van der Waals surface area contributed by atoms with Gasteiger partial charge in [0.05, 0.1) is 77.9 Å². The summed E-state index contributed by atoms with van der Waals surface area (Å²) in [7, 11) is -19.5. The minimum Gasteiger partial charge on any atom is -0.744 e. The van der Waals surface area contributed by atoms with Crippen molar-refractivity contribution in [3.63, 3.8) is 0 Å². The van der Waals surface area contributed by atoms with Crippen molar-refractivity contribution in [1.82, 2.24) is 0 Å². The molecule has 2 aliphatic rings. The monoisotopic (exact) mass is 1130 g/mol. The summed E-state index contributed by atoms with van der Waals surface area (Å²) in [5.41, 5.74) is 1.21. The number of carboxylic acids is 1. The average Bonchev–Trinajstić information content (AvgIpc) is 3.71. The first-order valence-electron chi connectivity index (χ1n) is 24.2. The molecule has 1 N–H and O–H groups in total. The van der Waals surface area contributed by atoms with Crippen LogP contribution in [0.3, 0.4) is 0 Å². The first-order chi connectivity index (χ1) is 35.7. The smallest absolute Gasteiger partial charge is 0.303 e. The van der Waals surface area contributed by atoms with Crippen LogP contribution in [-0.2, 0) is 79.8 Å². The molecule has 0 fully saturated rings. The number of carboxylic acid groups (broad SMARTS) is 1. The van der Waals surface area contributed by atoms with Gasteiger partial charge in [0.1, 0.15) is 47.0 Å². The molecule has 21 nitrogen and oxygen atoms in total. The summed E-state index contributed by atoms with van der Waals surface area (Å²) in [4.78, 5) is 9.81. The van der Waals surface area contributed by atoms with E-state index >= 15 is 0 Å². The zero-order chi connectivity index (χ0) is 55.9. The zero-order valence-corrected chi connectivity index (χ0v) is 45.9. The number of nitrogens with zero attached hydrogens (tertiary/aromatic N) is 2. The summed E-state index contributed by atoms with van der Waals surface area (Å²) in [6.45, 7) is 10.8. The Morgan fingerprint density at radius 2 is 1.14 bits per heavy atom. The van der Waals surface area contributed by atoms with Gasteiger partial charge in [-0.25, -0.2) is 33.7 Å². The highest BCUT2D eigenvalue weighted by Crippen LogP contribution is 2.54. The molecule has 0 spiro atoms. The highest BCUT2D eigenvalue weighted by Gasteiger charge is 2.46. The molecule has 6 rings (SSSR count). The third-order valence-corrected chi connectivity index (χ3v) is 16.8. The molecule has 4 aromatic carbocycles. The fourth-order valence-electron chi connectivity index (χ4n) is 9.93. The lowest BCUT2D eigenvalue weighted by Crippen LogP contribution is -2.31. The maximum absolute atomic E-state index is 12.7. The van der Waals surface area contributed by atoms with E-state index in [4.69, 9.17) is 23.7 Å². The van der Waals surface area contributed by atoms with Crippen molar-refractivity contribution in [2.75, 3.05) is 84.6 Å². The Labute approximate surface area is 443 Å². The lowest BCUT2D eigenvalue weighted by Gasteiger charge is -2.31. The van der Waals surface area contributed by atoms with E-state index in [1.807, 2.05) is 37.2 Å². The SMILES string of the molecule is CC[N+]1=C(/C=C/C=C/C=C2/N(CCCCCC(=O)O)c3ccc4c(S(=O)(=O)[O-])cc(S(=O)(=O)[O-])cc4c3C2(C)CCOCCOCCOCCOCCOC)C(C)(C)c2c1ccc1c(S(=O)(=O)[O-])cc(S(=O)(=O)[O-])cc21. The van der Waals surface area contributed by atoms with E-state index in [1.165, 1.54) is 12.1 Å². The van der Waals surface area contributed by atoms with Crippen LogP contribution in [0.15, 0.2) is 104 Å². The molecule has 0 aliphatic carbocycles. The second-order valence-electron chi connectivity index (χ2n) is 18.7. The Balaban J connectivity index is 1.39. The number of fused-ring (bicyclic) bond motifs is 6. The third kappa shape index (κ3) is 13.8. The van der Waals surface area contributed by atoms with Crippen molar-refractivity contribution in [2.24, 2.45) is 0 Å². The fourth-order valence-corrected chi connectivity index (χ4v) is 12.6. The van der Waals surface area contributed by atoms with Crippen LogP contribution in [0.1, 0.15) is 70.9 Å². The number of aliphatic carboxylic acids is 1. The first-order valence-corrected chi connectivity index (χ1v) is 29.9.